The fourth-order valence-electron chi connectivity index (χ4n) is 1.37. The maximum absolute atomic E-state index is 11.5. The second-order valence-electron chi connectivity index (χ2n) is 4.02. The summed E-state index contributed by atoms with van der Waals surface area (Å²) in [7, 11) is 0. The minimum Gasteiger partial charge on any atom is -0.481 e. The normalized spacial score (nSPS) is 11.6. The van der Waals surface area contributed by atoms with Crippen molar-refractivity contribution in [3.8, 4) is 0 Å². The monoisotopic (exact) mass is 251 g/mol. The van der Waals surface area contributed by atoms with Gasteiger partial charge in [0.2, 0.25) is 0 Å². The first-order valence-electron chi connectivity index (χ1n) is 5.73. The number of carboxylic acids is 1. The number of nitrogens with zero attached hydrogens (tertiary/aromatic N) is 1. The molecule has 1 atom stereocenters. The highest BCUT2D eigenvalue weighted by molar-refractivity contribution is 5.74. The molecule has 3 N–H and O–H groups in total. The van der Waals surface area contributed by atoms with Crippen LogP contribution in [0.4, 0.5) is 4.79 Å². The summed E-state index contributed by atoms with van der Waals surface area (Å²) in [6.07, 6.45) is 3.78. The predicted octanol–water partition coefficient (Wildman–Crippen LogP) is 1.13. The van der Waals surface area contributed by atoms with Crippen molar-refractivity contribution in [1.29, 1.82) is 0 Å². The maximum atomic E-state index is 11.5. The third kappa shape index (κ3) is 5.83. The number of aromatic nitrogens is 1. The van der Waals surface area contributed by atoms with E-state index < -0.39 is 5.97 Å². The van der Waals surface area contributed by atoms with Crippen molar-refractivity contribution in [2.24, 2.45) is 0 Å². The first kappa shape index (κ1) is 14.0. The first-order valence-corrected chi connectivity index (χ1v) is 5.73. The molecule has 18 heavy (non-hydrogen) atoms. The molecular weight excluding hydrogens is 234 g/mol. The van der Waals surface area contributed by atoms with Crippen LogP contribution >= 0.6 is 0 Å². The second-order valence-corrected chi connectivity index (χ2v) is 4.02. The van der Waals surface area contributed by atoms with Crippen molar-refractivity contribution in [2.75, 3.05) is 0 Å². The summed E-state index contributed by atoms with van der Waals surface area (Å²) in [6.45, 7) is 2.19. The van der Waals surface area contributed by atoms with Crippen LogP contribution in [0.2, 0.25) is 0 Å². The van der Waals surface area contributed by atoms with Gasteiger partial charge in [-0.2, -0.15) is 0 Å². The summed E-state index contributed by atoms with van der Waals surface area (Å²) in [4.78, 5) is 25.7. The van der Waals surface area contributed by atoms with Gasteiger partial charge in [0.25, 0.3) is 0 Å². The average molecular weight is 251 g/mol. The minimum absolute atomic E-state index is 0.0474. The number of pyridine rings is 1. The summed E-state index contributed by atoms with van der Waals surface area (Å²) in [6, 6.07) is 3.16. The van der Waals surface area contributed by atoms with Crippen LogP contribution in [-0.2, 0) is 11.3 Å². The van der Waals surface area contributed by atoms with Gasteiger partial charge in [-0.1, -0.05) is 0 Å². The van der Waals surface area contributed by atoms with Crippen LogP contribution in [0.25, 0.3) is 0 Å². The van der Waals surface area contributed by atoms with E-state index in [1.54, 1.807) is 19.3 Å². The molecule has 0 fully saturated rings. The van der Waals surface area contributed by atoms with Gasteiger partial charge in [0.1, 0.15) is 0 Å². The highest BCUT2D eigenvalue weighted by Gasteiger charge is 2.08. The molecular formula is C12H17N3O3. The van der Waals surface area contributed by atoms with Gasteiger partial charge in [0.05, 0.1) is 0 Å². The van der Waals surface area contributed by atoms with E-state index in [1.165, 1.54) is 0 Å². The lowest BCUT2D eigenvalue weighted by molar-refractivity contribution is -0.137. The Morgan fingerprint density at radius 1 is 1.39 bits per heavy atom. The Morgan fingerprint density at radius 3 is 2.67 bits per heavy atom. The van der Waals surface area contributed by atoms with Crippen molar-refractivity contribution in [3.05, 3.63) is 30.1 Å². The molecule has 1 unspecified atom stereocenters. The number of rotatable bonds is 6. The van der Waals surface area contributed by atoms with Gasteiger partial charge in [0.15, 0.2) is 0 Å². The highest BCUT2D eigenvalue weighted by atomic mass is 16.4. The molecule has 1 aromatic rings. The van der Waals surface area contributed by atoms with Crippen molar-refractivity contribution < 1.29 is 14.7 Å². The molecule has 2 amide bonds. The Bertz CT molecular complexity index is 395. The number of carboxylic acid groups (broad SMARTS) is 1. The van der Waals surface area contributed by atoms with Gasteiger partial charge in [-0.25, -0.2) is 4.79 Å². The molecule has 6 heteroatoms. The number of nitrogens with one attached hydrogen (secondary N) is 2. The van der Waals surface area contributed by atoms with E-state index in [4.69, 9.17) is 5.11 Å². The van der Waals surface area contributed by atoms with Crippen LogP contribution in [0.1, 0.15) is 25.3 Å². The van der Waals surface area contributed by atoms with Gasteiger partial charge in [-0.15, -0.1) is 0 Å². The molecule has 1 rings (SSSR count). The molecule has 98 valence electrons. The molecule has 0 aromatic carbocycles. The third-order valence-electron chi connectivity index (χ3n) is 2.37. The SMILES string of the molecule is CC(CCC(=O)O)NC(=O)NCc1ccncc1. The lowest BCUT2D eigenvalue weighted by Gasteiger charge is -2.13. The summed E-state index contributed by atoms with van der Waals surface area (Å²) >= 11 is 0. The Labute approximate surface area is 105 Å². The Morgan fingerprint density at radius 2 is 2.06 bits per heavy atom. The minimum atomic E-state index is -0.860. The number of carbonyl (C=O) groups is 2. The van der Waals surface area contributed by atoms with E-state index in [1.807, 2.05) is 12.1 Å². The summed E-state index contributed by atoms with van der Waals surface area (Å²) in [5.74, 6) is -0.860. The number of amides is 2. The number of hydrogen-bond donors (Lipinski definition) is 3. The summed E-state index contributed by atoms with van der Waals surface area (Å²) in [5, 5.41) is 13.9. The molecule has 0 saturated heterocycles. The topological polar surface area (TPSA) is 91.3 Å². The van der Waals surface area contributed by atoms with Gasteiger partial charge >= 0.3 is 12.0 Å². The molecule has 1 heterocycles. The molecule has 0 aliphatic carbocycles. The molecule has 0 spiro atoms. The molecule has 6 nitrogen and oxygen atoms in total. The molecule has 0 saturated carbocycles. The van der Waals surface area contributed by atoms with E-state index >= 15 is 0 Å². The molecule has 0 bridgehead atoms. The first-order chi connectivity index (χ1) is 8.58. The van der Waals surface area contributed by atoms with Gasteiger partial charge in [0, 0.05) is 31.4 Å². The van der Waals surface area contributed by atoms with E-state index in [9.17, 15) is 9.59 Å². The van der Waals surface area contributed by atoms with Crippen LogP contribution < -0.4 is 10.6 Å². The van der Waals surface area contributed by atoms with E-state index in [0.717, 1.165) is 5.56 Å². The smallest absolute Gasteiger partial charge is 0.315 e. The zero-order valence-corrected chi connectivity index (χ0v) is 10.2. The molecule has 0 aliphatic heterocycles. The molecule has 1 aromatic heterocycles. The van der Waals surface area contributed by atoms with E-state index in [0.29, 0.717) is 13.0 Å². The van der Waals surface area contributed by atoms with Crippen LogP contribution in [0, 0.1) is 0 Å². The average Bonchev–Trinajstić information content (AvgIpc) is 2.35. The number of carbonyl (C=O) groups excluding carboxylic acids is 1. The van der Waals surface area contributed by atoms with Crippen LogP contribution in [0.5, 0.6) is 0 Å². The predicted molar refractivity (Wildman–Crippen MR) is 65.9 cm³/mol. The van der Waals surface area contributed by atoms with Crippen molar-refractivity contribution in [3.63, 3.8) is 0 Å². The Hall–Kier alpha value is -2.11. The number of hydrogen-bond acceptors (Lipinski definition) is 3. The van der Waals surface area contributed by atoms with Crippen molar-refractivity contribution >= 4 is 12.0 Å². The molecule has 0 aliphatic rings. The fourth-order valence-corrected chi connectivity index (χ4v) is 1.37. The van der Waals surface area contributed by atoms with Crippen molar-refractivity contribution in [1.82, 2.24) is 15.6 Å². The van der Waals surface area contributed by atoms with Crippen molar-refractivity contribution in [2.45, 2.75) is 32.4 Å². The highest BCUT2D eigenvalue weighted by Crippen LogP contribution is 1.97. The second kappa shape index (κ2) is 7.26. The molecule has 0 radical (unpaired) electrons. The summed E-state index contributed by atoms with van der Waals surface area (Å²) in [5.41, 5.74) is 0.957. The lowest BCUT2D eigenvalue weighted by Crippen LogP contribution is -2.40. The van der Waals surface area contributed by atoms with E-state index in [2.05, 4.69) is 15.6 Å². The van der Waals surface area contributed by atoms with Gasteiger partial charge in [-0.3, -0.25) is 9.78 Å². The van der Waals surface area contributed by atoms with E-state index in [-0.39, 0.29) is 18.5 Å². The lowest BCUT2D eigenvalue weighted by atomic mass is 10.2. The Kier molecular flexibility index (Phi) is 5.63. The standard InChI is InChI=1S/C12H17N3O3/c1-9(2-3-11(16)17)15-12(18)14-8-10-4-6-13-7-5-10/h4-7,9H,2-3,8H2,1H3,(H,16,17)(H2,14,15,18). The van der Waals surface area contributed by atoms with Crippen LogP contribution in [0.15, 0.2) is 24.5 Å². The number of urea groups is 1. The Balaban J connectivity index is 2.23. The quantitative estimate of drug-likeness (QED) is 0.707. The maximum Gasteiger partial charge on any atom is 0.315 e. The third-order valence-corrected chi connectivity index (χ3v) is 2.37. The largest absolute Gasteiger partial charge is 0.481 e. The van der Waals surface area contributed by atoms with Gasteiger partial charge < -0.3 is 15.7 Å². The van der Waals surface area contributed by atoms with Crippen LogP contribution in [-0.4, -0.2) is 28.1 Å². The zero-order valence-electron chi connectivity index (χ0n) is 10.2. The number of aliphatic carboxylic acids is 1. The van der Waals surface area contributed by atoms with Gasteiger partial charge in [-0.05, 0) is 31.0 Å². The zero-order chi connectivity index (χ0) is 13.4. The van der Waals surface area contributed by atoms with Crippen LogP contribution in [0.3, 0.4) is 0 Å². The fraction of sp³-hybridized carbons (Fsp3) is 0.417. The summed E-state index contributed by atoms with van der Waals surface area (Å²) < 4.78 is 0.